The van der Waals surface area contributed by atoms with Crippen LogP contribution in [0.4, 0.5) is 0 Å². The van der Waals surface area contributed by atoms with E-state index >= 15 is 0 Å². The zero-order valence-electron chi connectivity index (χ0n) is 5.13. The Morgan fingerprint density at radius 2 is 2.33 bits per heavy atom. The molecule has 0 rings (SSSR count). The molecule has 0 bridgehead atoms. The zero-order chi connectivity index (χ0) is 6.78. The third kappa shape index (κ3) is 2.14. The van der Waals surface area contributed by atoms with E-state index in [0.29, 0.717) is 0 Å². The Bertz CT molecular complexity index is 72.9. The van der Waals surface area contributed by atoms with Gasteiger partial charge in [0.25, 0.3) is 0 Å². The lowest BCUT2D eigenvalue weighted by Gasteiger charge is -1.96. The number of aliphatic hydroxyl groups excluding tert-OH is 2. The molecule has 0 aliphatic rings. The van der Waals surface area contributed by atoms with Gasteiger partial charge in [-0.1, -0.05) is 0 Å². The van der Waals surface area contributed by atoms with Crippen LogP contribution < -0.4 is 0 Å². The molecule has 0 aromatic carbocycles. The second-order valence-electron chi connectivity index (χ2n) is 0.779. The average Bonchev–Trinajstić information content (AvgIpc) is 1.67. The minimum atomic E-state index is -2.43. The predicted molar refractivity (Wildman–Crippen MR) is 20.2 cm³/mol. The summed E-state index contributed by atoms with van der Waals surface area (Å²) in [5, 5.41) is 24.6. The van der Waals surface area contributed by atoms with Crippen molar-refractivity contribution in [1.82, 2.24) is 0 Å². The number of hydrogen-bond donors (Lipinski definition) is 3. The van der Waals surface area contributed by atoms with E-state index in [1.165, 1.54) is 0 Å². The quantitative estimate of drug-likeness (QED) is 0.360. The molecular formula is C3H8O3. The fraction of sp³-hybridized carbons (Fsp3) is 1.00. The van der Waals surface area contributed by atoms with Crippen molar-refractivity contribution in [3.8, 4) is 0 Å². The molecule has 0 fully saturated rings. The minimum Gasteiger partial charge on any atom is -0.394 e. The molecule has 0 radical (unpaired) electrons. The fourth-order valence-electron chi connectivity index (χ4n) is 0.0408. The summed E-state index contributed by atoms with van der Waals surface area (Å²) < 4.78 is 12.8. The molecule has 0 heterocycles. The predicted octanol–water partition coefficient (Wildman–Crippen LogP) is -1.67. The van der Waals surface area contributed by atoms with Gasteiger partial charge in [0.1, 0.15) is 6.08 Å². The molecular weight excluding hydrogens is 86.0 g/mol. The molecule has 6 heavy (non-hydrogen) atoms. The van der Waals surface area contributed by atoms with Crippen LogP contribution in [0, 0.1) is 0 Å². The zero-order valence-corrected chi connectivity index (χ0v) is 3.13. The molecule has 2 atom stereocenters. The maximum Gasteiger partial charge on any atom is 0.100 e. The van der Waals surface area contributed by atoms with Crippen molar-refractivity contribution in [2.24, 2.45) is 0 Å². The molecule has 0 saturated heterocycles. The highest BCUT2D eigenvalue weighted by molar-refractivity contribution is 4.43. The van der Waals surface area contributed by atoms with Crippen molar-refractivity contribution < 1.29 is 18.1 Å². The Morgan fingerprint density at radius 3 is 2.33 bits per heavy atom. The lowest BCUT2D eigenvalue weighted by atomic mass is 11.0. The van der Waals surface area contributed by atoms with Crippen LogP contribution in [0.15, 0.2) is 0 Å². The summed E-state index contributed by atoms with van der Waals surface area (Å²) in [5.41, 5.74) is 0. The largest absolute Gasteiger partial charge is 0.394 e. The molecule has 1 unspecified atom stereocenters. The van der Waals surface area contributed by atoms with Crippen molar-refractivity contribution in [2.75, 3.05) is 13.2 Å². The molecule has 0 aromatic heterocycles. The lowest BCUT2D eigenvalue weighted by molar-refractivity contribution is 0.0450. The van der Waals surface area contributed by atoms with E-state index in [0.717, 1.165) is 0 Å². The monoisotopic (exact) mass is 96.1 g/mol. The van der Waals surface area contributed by atoms with Crippen molar-refractivity contribution in [2.45, 2.75) is 6.08 Å². The Morgan fingerprint density at radius 1 is 1.83 bits per heavy atom. The first-order chi connectivity index (χ1) is 3.50. The summed E-state index contributed by atoms with van der Waals surface area (Å²) in [6.45, 7) is -2.90. The van der Waals surface area contributed by atoms with Gasteiger partial charge in [0, 0.05) is 0 Å². The lowest BCUT2D eigenvalue weighted by Crippen LogP contribution is -2.15. The van der Waals surface area contributed by atoms with Crippen molar-refractivity contribution in [3.63, 3.8) is 0 Å². The van der Waals surface area contributed by atoms with Gasteiger partial charge >= 0.3 is 0 Å². The highest BCUT2D eigenvalue weighted by Gasteiger charge is 1.93. The van der Waals surface area contributed by atoms with Crippen LogP contribution in [0.3, 0.4) is 0 Å². The summed E-state index contributed by atoms with van der Waals surface area (Å²) in [4.78, 5) is 0. The fourth-order valence-corrected chi connectivity index (χ4v) is 0.0408. The first-order valence-corrected chi connectivity index (χ1v) is 1.44. The highest BCUT2D eigenvalue weighted by atomic mass is 16.5. The maximum absolute atomic E-state index is 8.38. The van der Waals surface area contributed by atoms with E-state index in [1.54, 1.807) is 0 Å². The van der Waals surface area contributed by atoms with E-state index in [1.807, 2.05) is 0 Å². The van der Waals surface area contributed by atoms with E-state index in [4.69, 9.17) is 18.1 Å². The molecule has 3 nitrogen and oxygen atoms in total. The van der Waals surface area contributed by atoms with Crippen LogP contribution in [-0.2, 0) is 0 Å². The molecule has 3 N–H and O–H groups in total. The van der Waals surface area contributed by atoms with Gasteiger partial charge in [-0.05, 0) is 0 Å². The second-order valence-corrected chi connectivity index (χ2v) is 0.779. The third-order valence-corrected chi connectivity index (χ3v) is 0.311. The summed E-state index contributed by atoms with van der Waals surface area (Å²) in [6, 6.07) is 0. The number of aliphatic hydroxyl groups is 3. The van der Waals surface area contributed by atoms with Crippen LogP contribution in [0.25, 0.3) is 0 Å². The van der Waals surface area contributed by atoms with Crippen LogP contribution in [-0.4, -0.2) is 34.6 Å². The van der Waals surface area contributed by atoms with Crippen LogP contribution in [0.2, 0.25) is 0 Å². The summed E-state index contributed by atoms with van der Waals surface area (Å²) in [7, 11) is 0. The summed E-state index contributed by atoms with van der Waals surface area (Å²) >= 11 is 0. The van der Waals surface area contributed by atoms with E-state index in [2.05, 4.69) is 0 Å². The van der Waals surface area contributed by atoms with E-state index < -0.39 is 19.3 Å². The van der Waals surface area contributed by atoms with Gasteiger partial charge in [0.05, 0.1) is 15.9 Å². The molecule has 0 spiro atoms. The minimum absolute atomic E-state index is 0.933. The van der Waals surface area contributed by atoms with Gasteiger partial charge in [-0.15, -0.1) is 0 Å². The van der Waals surface area contributed by atoms with E-state index in [-0.39, 0.29) is 0 Å². The highest BCUT2D eigenvalue weighted by Crippen LogP contribution is 1.71. The second kappa shape index (κ2) is 3.08. The van der Waals surface area contributed by atoms with Crippen molar-refractivity contribution in [1.29, 1.82) is 0 Å². The molecule has 0 saturated carbocycles. The maximum atomic E-state index is 8.38. The Hall–Kier alpha value is -0.120. The summed E-state index contributed by atoms with van der Waals surface area (Å²) in [6.07, 6.45) is -2.43. The van der Waals surface area contributed by atoms with E-state index in [9.17, 15) is 0 Å². The number of hydrogen-bond acceptors (Lipinski definition) is 3. The topological polar surface area (TPSA) is 60.7 Å². The van der Waals surface area contributed by atoms with Crippen LogP contribution in [0.5, 0.6) is 0 Å². The first kappa shape index (κ1) is 2.96. The Labute approximate surface area is 38.7 Å². The van der Waals surface area contributed by atoms with Gasteiger partial charge in [-0.2, -0.15) is 0 Å². The van der Waals surface area contributed by atoms with Crippen molar-refractivity contribution >= 4 is 0 Å². The average molecular weight is 96.1 g/mol. The first-order valence-electron chi connectivity index (χ1n) is 2.52. The third-order valence-electron chi connectivity index (χ3n) is 0.311. The summed E-state index contributed by atoms with van der Waals surface area (Å²) in [5.74, 6) is 0. The van der Waals surface area contributed by atoms with Gasteiger partial charge in [0.15, 0.2) is 0 Å². The smallest absolute Gasteiger partial charge is 0.100 e. The molecule has 3 heteroatoms. The molecule has 0 aliphatic carbocycles. The van der Waals surface area contributed by atoms with Gasteiger partial charge in [0.2, 0.25) is 0 Å². The number of rotatable bonds is 2. The van der Waals surface area contributed by atoms with Gasteiger partial charge < -0.3 is 15.3 Å². The molecule has 0 aromatic rings. The molecule has 0 amide bonds. The standard InChI is InChI=1S/C3H8O3/c4-1-3(6)2-5/h3-6H,1-2H2/i1+1D,3+1D/t1?,3-/m0/s1. The van der Waals surface area contributed by atoms with Crippen molar-refractivity contribution in [3.05, 3.63) is 0 Å². The Balaban J connectivity index is 3.71. The van der Waals surface area contributed by atoms with Crippen LogP contribution in [0.1, 0.15) is 2.74 Å². The molecule has 38 valence electrons. The molecule has 0 aliphatic heterocycles. The Kier molecular flexibility index (Phi) is 1.52. The van der Waals surface area contributed by atoms with Gasteiger partial charge in [-0.25, -0.2) is 0 Å². The SMILES string of the molecule is [2H][13CH](O)[13C@]([2H])(O)CO. The van der Waals surface area contributed by atoms with Crippen LogP contribution >= 0.6 is 0 Å². The van der Waals surface area contributed by atoms with Gasteiger partial charge in [-0.3, -0.25) is 0 Å². The normalized spacial score (nSPS) is 29.8.